The third kappa shape index (κ3) is 7.81. The monoisotopic (exact) mass is 496 g/mol. The minimum absolute atomic E-state index is 0.114. The second-order valence-electron chi connectivity index (χ2n) is 8.47. The molecule has 0 atom stereocenters. The van der Waals surface area contributed by atoms with Crippen molar-refractivity contribution in [2.24, 2.45) is 5.10 Å². The maximum absolute atomic E-state index is 12.3. The average molecular weight is 497 g/mol. The highest BCUT2D eigenvalue weighted by Crippen LogP contribution is 2.27. The van der Waals surface area contributed by atoms with E-state index in [2.05, 4.69) is 29.7 Å². The molecule has 192 valence electrons. The van der Waals surface area contributed by atoms with E-state index in [0.717, 1.165) is 5.56 Å². The van der Waals surface area contributed by atoms with Crippen LogP contribution in [0.15, 0.2) is 47.6 Å². The first-order valence-corrected chi connectivity index (χ1v) is 11.7. The molecule has 1 heterocycles. The number of amides is 3. The van der Waals surface area contributed by atoms with E-state index in [1.165, 1.54) is 18.9 Å². The van der Waals surface area contributed by atoms with Gasteiger partial charge in [-0.05, 0) is 40.8 Å². The lowest BCUT2D eigenvalue weighted by Gasteiger charge is -2.26. The largest absolute Gasteiger partial charge is 0.493 e. The third-order valence-corrected chi connectivity index (χ3v) is 5.59. The number of nitrogens with zero attached hydrogens (tertiary/aromatic N) is 2. The number of carbonyl (C=O) groups excluding carboxylic acids is 3. The van der Waals surface area contributed by atoms with Gasteiger partial charge in [0.15, 0.2) is 18.1 Å². The predicted molar refractivity (Wildman–Crippen MR) is 134 cm³/mol. The number of hydrazone groups is 1. The third-order valence-electron chi connectivity index (χ3n) is 5.59. The van der Waals surface area contributed by atoms with Gasteiger partial charge in [-0.15, -0.1) is 0 Å². The summed E-state index contributed by atoms with van der Waals surface area (Å²) in [7, 11) is 1.48. The molecule has 0 aromatic heterocycles. The van der Waals surface area contributed by atoms with Gasteiger partial charge in [0.25, 0.3) is 5.91 Å². The molecule has 0 radical (unpaired) electrons. The van der Waals surface area contributed by atoms with Crippen LogP contribution >= 0.6 is 0 Å². The molecule has 0 aliphatic carbocycles. The van der Waals surface area contributed by atoms with Crippen LogP contribution in [0.5, 0.6) is 11.5 Å². The maximum Gasteiger partial charge on any atom is 0.329 e. The van der Waals surface area contributed by atoms with E-state index >= 15 is 0 Å². The van der Waals surface area contributed by atoms with Crippen LogP contribution in [0.2, 0.25) is 0 Å². The average Bonchev–Trinajstić information content (AvgIpc) is 2.91. The number of benzene rings is 2. The van der Waals surface area contributed by atoms with Crippen molar-refractivity contribution >= 4 is 23.9 Å². The van der Waals surface area contributed by atoms with Crippen LogP contribution in [0.25, 0.3) is 0 Å². The molecule has 0 unspecified atom stereocenters. The van der Waals surface area contributed by atoms with Gasteiger partial charge in [-0.25, -0.2) is 5.43 Å². The Hall–Kier alpha value is -3.92. The second kappa shape index (κ2) is 13.2. The van der Waals surface area contributed by atoms with Gasteiger partial charge in [0.2, 0.25) is 0 Å². The van der Waals surface area contributed by atoms with Crippen LogP contribution in [0, 0.1) is 0 Å². The van der Waals surface area contributed by atoms with Crippen molar-refractivity contribution in [3.8, 4) is 11.5 Å². The molecule has 2 aromatic carbocycles. The van der Waals surface area contributed by atoms with Crippen LogP contribution < -0.4 is 20.2 Å². The van der Waals surface area contributed by atoms with E-state index in [9.17, 15) is 14.4 Å². The summed E-state index contributed by atoms with van der Waals surface area (Å²) in [5.74, 6) is -0.558. The van der Waals surface area contributed by atoms with Gasteiger partial charge in [0.05, 0.1) is 26.5 Å². The zero-order valence-corrected chi connectivity index (χ0v) is 20.8. The Balaban J connectivity index is 1.47. The summed E-state index contributed by atoms with van der Waals surface area (Å²) in [6.07, 6.45) is 1.38. The van der Waals surface area contributed by atoms with Gasteiger partial charge in [-0.1, -0.05) is 38.1 Å². The van der Waals surface area contributed by atoms with Crippen LogP contribution in [-0.4, -0.2) is 68.9 Å². The van der Waals surface area contributed by atoms with Crippen molar-refractivity contribution in [3.63, 3.8) is 0 Å². The van der Waals surface area contributed by atoms with Crippen molar-refractivity contribution in [2.45, 2.75) is 26.3 Å². The fourth-order valence-electron chi connectivity index (χ4n) is 3.43. The Bertz CT molecular complexity index is 1080. The predicted octanol–water partition coefficient (Wildman–Crippen LogP) is 1.82. The van der Waals surface area contributed by atoms with Gasteiger partial charge in [0.1, 0.15) is 0 Å². The Labute approximate surface area is 210 Å². The minimum atomic E-state index is -0.876. The number of morpholine rings is 1. The van der Waals surface area contributed by atoms with Crippen molar-refractivity contribution in [1.82, 2.24) is 15.6 Å². The fraction of sp³-hybridized carbons (Fsp3) is 0.385. The van der Waals surface area contributed by atoms with E-state index in [-0.39, 0.29) is 19.1 Å². The molecule has 0 spiro atoms. The fourth-order valence-corrected chi connectivity index (χ4v) is 3.43. The number of rotatable bonds is 9. The summed E-state index contributed by atoms with van der Waals surface area (Å²) in [6.45, 7) is 6.47. The Kier molecular flexibility index (Phi) is 9.82. The van der Waals surface area contributed by atoms with Crippen LogP contribution in [-0.2, 0) is 25.7 Å². The second-order valence-corrected chi connectivity index (χ2v) is 8.47. The van der Waals surface area contributed by atoms with E-state index in [4.69, 9.17) is 14.2 Å². The van der Waals surface area contributed by atoms with E-state index in [1.54, 1.807) is 23.1 Å². The molecular weight excluding hydrogens is 464 g/mol. The summed E-state index contributed by atoms with van der Waals surface area (Å²) in [5, 5.41) is 6.40. The van der Waals surface area contributed by atoms with Crippen molar-refractivity contribution in [2.75, 3.05) is 40.0 Å². The van der Waals surface area contributed by atoms with E-state index < -0.39 is 11.8 Å². The molecule has 1 saturated heterocycles. The summed E-state index contributed by atoms with van der Waals surface area (Å²) < 4.78 is 16.2. The van der Waals surface area contributed by atoms with Crippen molar-refractivity contribution in [1.29, 1.82) is 0 Å². The summed E-state index contributed by atoms with van der Waals surface area (Å²) in [5.41, 5.74) is 4.90. The molecule has 1 aliphatic rings. The van der Waals surface area contributed by atoms with E-state index in [1.807, 2.05) is 24.3 Å². The smallest absolute Gasteiger partial charge is 0.329 e. The topological polar surface area (TPSA) is 119 Å². The molecule has 1 aliphatic heterocycles. The standard InChI is InChI=1S/C26H32N4O6/c1-18(2)21-7-4-19(5-8-21)15-27-25(32)26(33)29-28-16-20-6-9-22(23(14-20)34-3)36-17-24(31)30-10-12-35-13-11-30/h4-9,14,16,18H,10-13,15,17H2,1-3H3,(H,27,32)(H,29,33)/b28-16-. The van der Waals surface area contributed by atoms with Gasteiger partial charge in [0, 0.05) is 19.6 Å². The molecule has 2 aromatic rings. The summed E-state index contributed by atoms with van der Waals surface area (Å²) in [4.78, 5) is 38.0. The zero-order valence-electron chi connectivity index (χ0n) is 20.8. The maximum atomic E-state index is 12.3. The van der Waals surface area contributed by atoms with Crippen LogP contribution in [0.1, 0.15) is 36.5 Å². The number of methoxy groups -OCH3 is 1. The van der Waals surface area contributed by atoms with Gasteiger partial charge < -0.3 is 24.4 Å². The van der Waals surface area contributed by atoms with Gasteiger partial charge in [-0.2, -0.15) is 5.10 Å². The molecule has 36 heavy (non-hydrogen) atoms. The number of carbonyl (C=O) groups is 3. The Morgan fingerprint density at radius 2 is 1.78 bits per heavy atom. The lowest BCUT2D eigenvalue weighted by molar-refractivity contribution is -0.139. The first kappa shape index (κ1) is 26.7. The number of hydrogen-bond acceptors (Lipinski definition) is 7. The van der Waals surface area contributed by atoms with Crippen molar-refractivity contribution in [3.05, 3.63) is 59.2 Å². The molecular formula is C26H32N4O6. The lowest BCUT2D eigenvalue weighted by Crippen LogP contribution is -2.43. The number of hydrogen-bond donors (Lipinski definition) is 2. The molecule has 0 bridgehead atoms. The Morgan fingerprint density at radius 1 is 1.06 bits per heavy atom. The molecule has 3 rings (SSSR count). The summed E-state index contributed by atoms with van der Waals surface area (Å²) >= 11 is 0. The highest BCUT2D eigenvalue weighted by Gasteiger charge is 2.18. The van der Waals surface area contributed by atoms with Gasteiger partial charge in [-0.3, -0.25) is 14.4 Å². The molecule has 10 heteroatoms. The number of nitrogens with one attached hydrogen (secondary N) is 2. The van der Waals surface area contributed by atoms with Gasteiger partial charge >= 0.3 is 11.8 Å². The first-order chi connectivity index (χ1) is 17.4. The highest BCUT2D eigenvalue weighted by atomic mass is 16.5. The zero-order chi connectivity index (χ0) is 25.9. The number of ether oxygens (including phenoxy) is 3. The molecule has 2 N–H and O–H groups in total. The van der Waals surface area contributed by atoms with Crippen molar-refractivity contribution < 1.29 is 28.6 Å². The molecule has 0 saturated carbocycles. The normalized spacial score (nSPS) is 13.5. The molecule has 1 fully saturated rings. The lowest BCUT2D eigenvalue weighted by atomic mass is 10.0. The molecule has 3 amide bonds. The van der Waals surface area contributed by atoms with Crippen LogP contribution in [0.4, 0.5) is 0 Å². The summed E-state index contributed by atoms with van der Waals surface area (Å²) in [6, 6.07) is 12.8. The highest BCUT2D eigenvalue weighted by molar-refractivity contribution is 6.35. The minimum Gasteiger partial charge on any atom is -0.493 e. The molecule has 10 nitrogen and oxygen atoms in total. The SMILES string of the molecule is COc1cc(/C=N\NC(=O)C(=O)NCc2ccc(C(C)C)cc2)ccc1OCC(=O)N1CCOCC1. The van der Waals surface area contributed by atoms with E-state index in [0.29, 0.717) is 49.3 Å². The Morgan fingerprint density at radius 3 is 2.44 bits per heavy atom. The quantitative estimate of drug-likeness (QED) is 0.311. The first-order valence-electron chi connectivity index (χ1n) is 11.7. The van der Waals surface area contributed by atoms with Crippen LogP contribution in [0.3, 0.4) is 0 Å².